The Hall–Kier alpha value is -2.85. The van der Waals surface area contributed by atoms with Crippen LogP contribution in [0.15, 0.2) is 46.0 Å². The SMILES string of the molecule is CCNC(=NCc1ccc(C#N)cc1F)NCC(c1ccco1)N1CCCCC1. The second kappa shape index (κ2) is 10.6. The van der Waals surface area contributed by atoms with Crippen LogP contribution in [0.25, 0.3) is 0 Å². The maximum atomic E-state index is 14.1. The fraction of sp³-hybridized carbons (Fsp3) is 0.455. The molecule has 2 N–H and O–H groups in total. The summed E-state index contributed by atoms with van der Waals surface area (Å²) in [6.45, 7) is 5.65. The van der Waals surface area contributed by atoms with E-state index >= 15 is 0 Å². The summed E-state index contributed by atoms with van der Waals surface area (Å²) in [5, 5.41) is 15.5. The first-order valence-corrected chi connectivity index (χ1v) is 10.2. The van der Waals surface area contributed by atoms with Gasteiger partial charge in [-0.2, -0.15) is 5.26 Å². The summed E-state index contributed by atoms with van der Waals surface area (Å²) in [5.41, 5.74) is 0.767. The Morgan fingerprint density at radius 1 is 1.28 bits per heavy atom. The number of hydrogen-bond acceptors (Lipinski definition) is 4. The Morgan fingerprint density at radius 3 is 2.76 bits per heavy atom. The molecule has 1 aliphatic rings. The lowest BCUT2D eigenvalue weighted by Crippen LogP contribution is -2.44. The number of hydrogen-bond donors (Lipinski definition) is 2. The van der Waals surface area contributed by atoms with Gasteiger partial charge in [0.05, 0.1) is 30.5 Å². The second-order valence-electron chi connectivity index (χ2n) is 7.12. The van der Waals surface area contributed by atoms with Crippen molar-refractivity contribution >= 4 is 5.96 Å². The molecule has 2 heterocycles. The molecule has 1 aromatic heterocycles. The Morgan fingerprint density at radius 2 is 2.10 bits per heavy atom. The molecule has 0 aliphatic carbocycles. The molecule has 1 aliphatic heterocycles. The van der Waals surface area contributed by atoms with E-state index in [2.05, 4.69) is 20.5 Å². The summed E-state index contributed by atoms with van der Waals surface area (Å²) in [4.78, 5) is 6.96. The van der Waals surface area contributed by atoms with Crippen LogP contribution >= 0.6 is 0 Å². The highest BCUT2D eigenvalue weighted by molar-refractivity contribution is 5.79. The molecule has 1 fully saturated rings. The summed E-state index contributed by atoms with van der Waals surface area (Å²) in [6.07, 6.45) is 5.38. The van der Waals surface area contributed by atoms with Gasteiger partial charge in [-0.05, 0) is 57.1 Å². The molecule has 6 nitrogen and oxygen atoms in total. The average molecular weight is 397 g/mol. The molecular formula is C22H28FN5O. The minimum atomic E-state index is -0.412. The summed E-state index contributed by atoms with van der Waals surface area (Å²) >= 11 is 0. The van der Waals surface area contributed by atoms with Gasteiger partial charge in [0, 0.05) is 18.7 Å². The summed E-state index contributed by atoms with van der Waals surface area (Å²) in [5.74, 6) is 1.16. The molecule has 29 heavy (non-hydrogen) atoms. The molecule has 0 spiro atoms. The van der Waals surface area contributed by atoms with E-state index in [1.54, 1.807) is 18.4 Å². The summed E-state index contributed by atoms with van der Waals surface area (Å²) in [6, 6.07) is 10.5. The fourth-order valence-corrected chi connectivity index (χ4v) is 3.56. The van der Waals surface area contributed by atoms with Crippen LogP contribution in [0.4, 0.5) is 4.39 Å². The van der Waals surface area contributed by atoms with Crippen molar-refractivity contribution in [2.24, 2.45) is 4.99 Å². The van der Waals surface area contributed by atoms with Crippen LogP contribution in [-0.4, -0.2) is 37.0 Å². The van der Waals surface area contributed by atoms with E-state index in [4.69, 9.17) is 9.68 Å². The quantitative estimate of drug-likeness (QED) is 0.552. The highest BCUT2D eigenvalue weighted by Gasteiger charge is 2.24. The van der Waals surface area contributed by atoms with E-state index in [1.165, 1.54) is 25.3 Å². The minimum Gasteiger partial charge on any atom is -0.468 e. The fourth-order valence-electron chi connectivity index (χ4n) is 3.56. The molecule has 7 heteroatoms. The maximum Gasteiger partial charge on any atom is 0.191 e. The van der Waals surface area contributed by atoms with Crippen LogP contribution in [0.1, 0.15) is 49.1 Å². The van der Waals surface area contributed by atoms with Crippen molar-refractivity contribution in [2.45, 2.75) is 38.8 Å². The van der Waals surface area contributed by atoms with Crippen LogP contribution in [0.3, 0.4) is 0 Å². The van der Waals surface area contributed by atoms with E-state index in [1.807, 2.05) is 25.1 Å². The molecule has 0 amide bonds. The number of benzene rings is 1. The number of halogens is 1. The van der Waals surface area contributed by atoms with Gasteiger partial charge in [-0.25, -0.2) is 9.38 Å². The summed E-state index contributed by atoms with van der Waals surface area (Å²) < 4.78 is 19.8. The first-order chi connectivity index (χ1) is 14.2. The van der Waals surface area contributed by atoms with E-state index in [0.717, 1.165) is 18.8 Å². The highest BCUT2D eigenvalue weighted by atomic mass is 19.1. The van der Waals surface area contributed by atoms with Crippen molar-refractivity contribution in [1.29, 1.82) is 5.26 Å². The lowest BCUT2D eigenvalue weighted by molar-refractivity contribution is 0.146. The van der Waals surface area contributed by atoms with Gasteiger partial charge >= 0.3 is 0 Å². The van der Waals surface area contributed by atoms with Gasteiger partial charge in [0.1, 0.15) is 11.6 Å². The van der Waals surface area contributed by atoms with Gasteiger partial charge in [-0.1, -0.05) is 12.5 Å². The predicted octanol–water partition coefficient (Wildman–Crippen LogP) is 3.57. The lowest BCUT2D eigenvalue weighted by Gasteiger charge is -2.33. The van der Waals surface area contributed by atoms with Crippen molar-refractivity contribution in [1.82, 2.24) is 15.5 Å². The van der Waals surface area contributed by atoms with Crippen LogP contribution in [0.5, 0.6) is 0 Å². The Balaban J connectivity index is 1.68. The normalized spacial score (nSPS) is 16.2. The number of nitriles is 1. The zero-order chi connectivity index (χ0) is 20.5. The van der Waals surface area contributed by atoms with E-state index in [9.17, 15) is 4.39 Å². The largest absolute Gasteiger partial charge is 0.468 e. The average Bonchev–Trinajstić information content (AvgIpc) is 3.28. The molecule has 1 unspecified atom stereocenters. The number of piperidine rings is 1. The van der Waals surface area contributed by atoms with Gasteiger partial charge in [-0.15, -0.1) is 0 Å². The van der Waals surface area contributed by atoms with E-state index in [-0.39, 0.29) is 12.6 Å². The minimum absolute atomic E-state index is 0.126. The van der Waals surface area contributed by atoms with Gasteiger partial charge in [0.25, 0.3) is 0 Å². The molecule has 3 rings (SSSR count). The van der Waals surface area contributed by atoms with Gasteiger partial charge < -0.3 is 15.1 Å². The third-order valence-electron chi connectivity index (χ3n) is 5.10. The molecule has 1 atom stereocenters. The van der Waals surface area contributed by atoms with E-state index in [0.29, 0.717) is 30.2 Å². The number of nitrogens with one attached hydrogen (secondary N) is 2. The van der Waals surface area contributed by atoms with Gasteiger partial charge in [0.2, 0.25) is 0 Å². The van der Waals surface area contributed by atoms with E-state index < -0.39 is 5.82 Å². The van der Waals surface area contributed by atoms with Crippen molar-refractivity contribution in [2.75, 3.05) is 26.2 Å². The third kappa shape index (κ3) is 5.81. The summed E-state index contributed by atoms with van der Waals surface area (Å²) in [7, 11) is 0. The number of guanidine groups is 1. The standard InChI is InChI=1S/C22H28FN5O/c1-2-25-22(26-15-18-9-8-17(14-24)13-19(18)23)27-16-20(21-7-6-12-29-21)28-10-4-3-5-11-28/h6-9,12-13,20H,2-5,10-11,15-16H2,1H3,(H2,25,26,27). The molecule has 154 valence electrons. The molecule has 0 bridgehead atoms. The van der Waals surface area contributed by atoms with Gasteiger partial charge in [0.15, 0.2) is 5.96 Å². The predicted molar refractivity (Wildman–Crippen MR) is 111 cm³/mol. The van der Waals surface area contributed by atoms with Crippen molar-refractivity contribution < 1.29 is 8.81 Å². The second-order valence-corrected chi connectivity index (χ2v) is 7.12. The zero-order valence-electron chi connectivity index (χ0n) is 16.8. The maximum absolute atomic E-state index is 14.1. The van der Waals surface area contributed by atoms with Crippen LogP contribution in [0.2, 0.25) is 0 Å². The van der Waals surface area contributed by atoms with Gasteiger partial charge in [-0.3, -0.25) is 4.90 Å². The number of furan rings is 1. The topological polar surface area (TPSA) is 76.6 Å². The Labute approximate surface area is 171 Å². The Bertz CT molecular complexity index is 837. The molecule has 1 saturated heterocycles. The third-order valence-corrected chi connectivity index (χ3v) is 5.10. The van der Waals surface area contributed by atoms with Crippen molar-refractivity contribution in [3.63, 3.8) is 0 Å². The van der Waals surface area contributed by atoms with Crippen LogP contribution < -0.4 is 10.6 Å². The van der Waals surface area contributed by atoms with Crippen molar-refractivity contribution in [3.05, 3.63) is 59.3 Å². The molecular weight excluding hydrogens is 369 g/mol. The Kier molecular flexibility index (Phi) is 7.65. The molecule has 0 radical (unpaired) electrons. The molecule has 1 aromatic carbocycles. The number of aliphatic imine (C=N–C) groups is 1. The number of likely N-dealkylation sites (tertiary alicyclic amines) is 1. The highest BCUT2D eigenvalue weighted by Crippen LogP contribution is 2.24. The van der Waals surface area contributed by atoms with Crippen molar-refractivity contribution in [3.8, 4) is 6.07 Å². The number of rotatable bonds is 7. The van der Waals surface area contributed by atoms with Crippen LogP contribution in [0, 0.1) is 17.1 Å². The smallest absolute Gasteiger partial charge is 0.191 e. The molecule has 0 saturated carbocycles. The monoisotopic (exact) mass is 397 g/mol. The molecule has 2 aromatic rings. The first kappa shape index (κ1) is 20.9. The zero-order valence-corrected chi connectivity index (χ0v) is 16.8. The number of nitrogens with zero attached hydrogens (tertiary/aromatic N) is 3. The first-order valence-electron chi connectivity index (χ1n) is 10.2. The lowest BCUT2D eigenvalue weighted by atomic mass is 10.1. The van der Waals surface area contributed by atoms with Crippen LogP contribution in [-0.2, 0) is 6.54 Å².